The number of benzene rings is 1. The molecule has 0 saturated heterocycles. The maximum Gasteiger partial charge on any atom is 0.251 e. The number of hydrogen-bond donors (Lipinski definition) is 2. The van der Waals surface area contributed by atoms with Crippen molar-refractivity contribution in [3.05, 3.63) is 39.8 Å². The van der Waals surface area contributed by atoms with Crippen molar-refractivity contribution in [3.8, 4) is 0 Å². The van der Waals surface area contributed by atoms with Gasteiger partial charge in [-0.1, -0.05) is 6.07 Å². The second-order valence-electron chi connectivity index (χ2n) is 3.69. The molecule has 0 saturated carbocycles. The van der Waals surface area contributed by atoms with Crippen molar-refractivity contribution >= 4 is 23.0 Å². The average Bonchev–Trinajstić information content (AvgIpc) is 2.27. The van der Waals surface area contributed by atoms with Crippen LogP contribution in [0.2, 0.25) is 0 Å². The Balaban J connectivity index is 3.25. The molecule has 0 aliphatic rings. The van der Waals surface area contributed by atoms with E-state index in [1.165, 1.54) is 25.1 Å². The van der Waals surface area contributed by atoms with Gasteiger partial charge in [0.25, 0.3) is 5.91 Å². The number of nitrogens with zero attached hydrogens (tertiary/aromatic N) is 3. The van der Waals surface area contributed by atoms with Gasteiger partial charge in [-0.25, -0.2) is 4.21 Å². The van der Waals surface area contributed by atoms with Crippen LogP contribution in [0.1, 0.15) is 22.8 Å². The topological polar surface area (TPSA) is 167 Å². The Morgan fingerprint density at radius 1 is 1.63 bits per heavy atom. The maximum absolute atomic E-state index is 11.5. The lowest BCUT2D eigenvalue weighted by atomic mass is 10.0. The molecule has 9 nitrogen and oxygen atoms in total. The summed E-state index contributed by atoms with van der Waals surface area (Å²) in [6.07, 6.45) is 0. The van der Waals surface area contributed by atoms with Crippen molar-refractivity contribution < 1.29 is 17.7 Å². The van der Waals surface area contributed by atoms with Crippen molar-refractivity contribution in [2.24, 2.45) is 10.8 Å². The highest BCUT2D eigenvalue weighted by molar-refractivity contribution is 7.74. The largest absolute Gasteiger partial charge is 0.750 e. The number of hydrogen-bond acceptors (Lipinski definition) is 6. The number of rotatable bonds is 4. The standard InChI is InChI=1S/C9H11N5O4S/c1-9(11,18-19(16)17)5-2-3-7(10)6(4-5)8(15)13-14-12/h2-4H,10-11H2,1H3,(H,16,17)/p-1. The highest BCUT2D eigenvalue weighted by atomic mass is 32.2. The molecular formula is C9H10N5O4S-. The average molecular weight is 284 g/mol. The molecule has 19 heavy (non-hydrogen) atoms. The molecule has 2 unspecified atom stereocenters. The molecule has 0 spiro atoms. The van der Waals surface area contributed by atoms with Crippen LogP contribution in [0.25, 0.3) is 10.4 Å². The number of azide groups is 1. The fraction of sp³-hybridized carbons (Fsp3) is 0.222. The molecule has 1 aromatic carbocycles. The van der Waals surface area contributed by atoms with Gasteiger partial charge in [0, 0.05) is 21.7 Å². The summed E-state index contributed by atoms with van der Waals surface area (Å²) >= 11 is -2.83. The molecular weight excluding hydrogens is 274 g/mol. The van der Waals surface area contributed by atoms with Gasteiger partial charge in [-0.15, -0.1) is 0 Å². The van der Waals surface area contributed by atoms with Crippen LogP contribution in [0, 0.1) is 0 Å². The van der Waals surface area contributed by atoms with Crippen molar-refractivity contribution in [1.29, 1.82) is 0 Å². The summed E-state index contributed by atoms with van der Waals surface area (Å²) in [6.45, 7) is 1.29. The molecule has 1 aromatic rings. The van der Waals surface area contributed by atoms with E-state index in [1.807, 2.05) is 0 Å². The second-order valence-corrected chi connectivity index (χ2v) is 4.27. The SMILES string of the molecule is CC(N)(OS(=O)[O-])c1ccc(N)c(C(=O)N=[N+]=[N-])c1. The van der Waals surface area contributed by atoms with E-state index in [0.717, 1.165) is 0 Å². The number of nitrogen functional groups attached to an aromatic ring is 1. The van der Waals surface area contributed by atoms with Crippen molar-refractivity contribution in [2.45, 2.75) is 12.6 Å². The highest BCUT2D eigenvalue weighted by Gasteiger charge is 2.24. The number of anilines is 1. The number of amides is 1. The zero-order valence-corrected chi connectivity index (χ0v) is 10.6. The van der Waals surface area contributed by atoms with Crippen LogP contribution in [0.5, 0.6) is 0 Å². The van der Waals surface area contributed by atoms with E-state index in [-0.39, 0.29) is 16.8 Å². The Bertz CT molecular complexity index is 582. The van der Waals surface area contributed by atoms with Gasteiger partial charge in [-0.05, 0) is 29.7 Å². The summed E-state index contributed by atoms with van der Waals surface area (Å²) < 4.78 is 25.5. The predicted octanol–water partition coefficient (Wildman–Crippen LogP) is 0.661. The Kier molecular flexibility index (Phi) is 4.59. The zero-order valence-electron chi connectivity index (χ0n) is 9.77. The maximum atomic E-state index is 11.5. The molecule has 1 amide bonds. The quantitative estimate of drug-likeness (QED) is 0.205. The Labute approximate surface area is 110 Å². The first-order valence-electron chi connectivity index (χ1n) is 4.85. The van der Waals surface area contributed by atoms with Crippen molar-refractivity contribution in [2.75, 3.05) is 5.73 Å². The molecule has 10 heteroatoms. The summed E-state index contributed by atoms with van der Waals surface area (Å²) in [5.74, 6) is -0.902. The summed E-state index contributed by atoms with van der Waals surface area (Å²) in [4.78, 5) is 13.8. The van der Waals surface area contributed by atoms with E-state index in [0.29, 0.717) is 0 Å². The zero-order chi connectivity index (χ0) is 14.6. The normalized spacial score (nSPS) is 15.1. The van der Waals surface area contributed by atoms with Gasteiger partial charge in [0.1, 0.15) is 0 Å². The third-order valence-electron chi connectivity index (χ3n) is 2.23. The van der Waals surface area contributed by atoms with Gasteiger partial charge < -0.3 is 10.3 Å². The Morgan fingerprint density at radius 3 is 2.79 bits per heavy atom. The molecule has 1 rings (SSSR count). The van der Waals surface area contributed by atoms with Crippen molar-refractivity contribution in [1.82, 2.24) is 0 Å². The molecule has 2 atom stereocenters. The molecule has 0 aliphatic heterocycles. The predicted molar refractivity (Wildman–Crippen MR) is 65.9 cm³/mol. The lowest BCUT2D eigenvalue weighted by Crippen LogP contribution is -2.37. The highest BCUT2D eigenvalue weighted by Crippen LogP contribution is 2.24. The van der Waals surface area contributed by atoms with Gasteiger partial charge >= 0.3 is 0 Å². The van der Waals surface area contributed by atoms with E-state index in [4.69, 9.17) is 17.0 Å². The number of nitrogens with two attached hydrogens (primary N) is 2. The lowest BCUT2D eigenvalue weighted by Gasteiger charge is -2.26. The van der Waals surface area contributed by atoms with Gasteiger partial charge in [0.15, 0.2) is 5.72 Å². The van der Waals surface area contributed by atoms with Crippen LogP contribution in [0.15, 0.2) is 23.3 Å². The molecule has 0 fully saturated rings. The van der Waals surface area contributed by atoms with Gasteiger partial charge in [-0.3, -0.25) is 14.7 Å². The van der Waals surface area contributed by atoms with E-state index in [1.54, 1.807) is 0 Å². The first-order chi connectivity index (χ1) is 8.77. The Morgan fingerprint density at radius 2 is 2.26 bits per heavy atom. The van der Waals surface area contributed by atoms with Gasteiger partial charge in [-0.2, -0.15) is 0 Å². The second kappa shape index (κ2) is 5.78. The van der Waals surface area contributed by atoms with Gasteiger partial charge in [0.2, 0.25) is 0 Å². The minimum absolute atomic E-state index is 0.0696. The van der Waals surface area contributed by atoms with Crippen LogP contribution in [-0.2, 0) is 21.3 Å². The molecule has 102 valence electrons. The molecule has 4 N–H and O–H groups in total. The lowest BCUT2D eigenvalue weighted by molar-refractivity contribution is 0.0978. The van der Waals surface area contributed by atoms with E-state index < -0.39 is 23.0 Å². The van der Waals surface area contributed by atoms with E-state index >= 15 is 0 Å². The van der Waals surface area contributed by atoms with Crippen LogP contribution in [0.4, 0.5) is 5.69 Å². The van der Waals surface area contributed by atoms with Crippen molar-refractivity contribution in [3.63, 3.8) is 0 Å². The van der Waals surface area contributed by atoms with Crippen LogP contribution < -0.4 is 11.5 Å². The summed E-state index contributed by atoms with van der Waals surface area (Å²) in [5, 5.41) is 2.90. The summed E-state index contributed by atoms with van der Waals surface area (Å²) in [7, 11) is 0. The monoisotopic (exact) mass is 284 g/mol. The van der Waals surface area contributed by atoms with E-state index in [2.05, 4.69) is 14.2 Å². The Hall–Kier alpha value is -1.97. The van der Waals surface area contributed by atoms with Crippen LogP contribution >= 0.6 is 0 Å². The number of carbonyl (C=O) groups is 1. The molecule has 0 heterocycles. The smallest absolute Gasteiger partial charge is 0.251 e. The third-order valence-corrected chi connectivity index (χ3v) is 2.72. The summed E-state index contributed by atoms with van der Waals surface area (Å²) in [5.41, 5.74) is 17.9. The number of carbonyl (C=O) groups excluding carboxylic acids is 1. The molecule has 0 radical (unpaired) electrons. The van der Waals surface area contributed by atoms with E-state index in [9.17, 15) is 13.6 Å². The third kappa shape index (κ3) is 3.74. The molecule has 0 aromatic heterocycles. The first-order valence-corrected chi connectivity index (χ1v) is 5.85. The fourth-order valence-electron chi connectivity index (χ4n) is 1.33. The minimum Gasteiger partial charge on any atom is -0.750 e. The minimum atomic E-state index is -2.83. The molecule has 0 bridgehead atoms. The fourth-order valence-corrected chi connectivity index (χ4v) is 1.71. The van der Waals surface area contributed by atoms with Crippen LogP contribution in [0.3, 0.4) is 0 Å². The first kappa shape index (κ1) is 15.1. The van der Waals surface area contributed by atoms with Crippen LogP contribution in [-0.4, -0.2) is 14.7 Å². The molecule has 0 aliphatic carbocycles. The summed E-state index contributed by atoms with van der Waals surface area (Å²) in [6, 6.07) is 3.94. The van der Waals surface area contributed by atoms with Gasteiger partial charge in [0.05, 0.1) is 11.4 Å².